The Balaban J connectivity index is 2.52. The molecule has 0 aliphatic carbocycles. The molecule has 0 saturated carbocycles. The molecule has 1 heterocycles. The summed E-state index contributed by atoms with van der Waals surface area (Å²) < 4.78 is 6.17. The number of nitrogens with zero attached hydrogens (tertiary/aromatic N) is 2. The van der Waals surface area contributed by atoms with E-state index in [1.807, 2.05) is 0 Å². The monoisotopic (exact) mass is 226 g/mol. The highest BCUT2D eigenvalue weighted by molar-refractivity contribution is 5.66. The Morgan fingerprint density at radius 1 is 1.50 bits per heavy atom. The lowest BCUT2D eigenvalue weighted by Gasteiger charge is -2.05. The van der Waals surface area contributed by atoms with Gasteiger partial charge in [-0.2, -0.15) is 0 Å². The van der Waals surface area contributed by atoms with Gasteiger partial charge in [-0.05, 0) is 12.8 Å². The predicted octanol–water partition coefficient (Wildman–Crippen LogP) is 0.507. The number of aliphatic carboxylic acids is 1. The first-order valence-corrected chi connectivity index (χ1v) is 4.97. The minimum absolute atomic E-state index is 0.110. The topological polar surface area (TPSA) is 81.4 Å². The average Bonchev–Trinajstić information content (AvgIpc) is 2.26. The number of hydrogen-bond donors (Lipinski definition) is 1. The Morgan fingerprint density at radius 3 is 2.88 bits per heavy atom. The van der Waals surface area contributed by atoms with Crippen LogP contribution in [-0.4, -0.2) is 28.0 Å². The smallest absolute Gasteiger partial charge is 0.303 e. The number of hydrogen-bond acceptors (Lipinski definition) is 4. The highest BCUT2D eigenvalue weighted by Gasteiger charge is 2.01. The van der Waals surface area contributed by atoms with Crippen molar-refractivity contribution in [1.29, 1.82) is 0 Å². The summed E-state index contributed by atoms with van der Waals surface area (Å²) in [5.74, 6) is -0.455. The molecule has 1 aromatic heterocycles. The van der Waals surface area contributed by atoms with E-state index in [0.717, 1.165) is 0 Å². The molecule has 0 atom stereocenters. The summed E-state index contributed by atoms with van der Waals surface area (Å²) in [7, 11) is 1.47. The van der Waals surface area contributed by atoms with Gasteiger partial charge in [0.05, 0.1) is 7.11 Å². The molecule has 0 aliphatic heterocycles. The van der Waals surface area contributed by atoms with Crippen molar-refractivity contribution < 1.29 is 14.6 Å². The van der Waals surface area contributed by atoms with Gasteiger partial charge in [0.1, 0.15) is 0 Å². The molecule has 6 heteroatoms. The molecule has 0 radical (unpaired) electrons. The SMILES string of the molecule is COc1ccc(=O)n(CCCCC(=O)O)n1. The fraction of sp³-hybridized carbons (Fsp3) is 0.500. The van der Waals surface area contributed by atoms with Gasteiger partial charge in [-0.3, -0.25) is 9.59 Å². The standard InChI is InChI=1S/C10H14N2O4/c1-16-8-5-6-9(13)12(11-8)7-3-2-4-10(14)15/h5-6H,2-4,7H2,1H3,(H,14,15). The molecule has 1 rings (SSSR count). The summed E-state index contributed by atoms with van der Waals surface area (Å²) in [5, 5.41) is 12.4. The van der Waals surface area contributed by atoms with Crippen molar-refractivity contribution in [2.45, 2.75) is 25.8 Å². The first-order chi connectivity index (χ1) is 7.63. The summed E-state index contributed by atoms with van der Waals surface area (Å²) in [5.41, 5.74) is -0.212. The maximum Gasteiger partial charge on any atom is 0.303 e. The number of aromatic nitrogens is 2. The number of carboxylic acid groups (broad SMARTS) is 1. The molecular formula is C10H14N2O4. The van der Waals surface area contributed by atoms with E-state index in [2.05, 4.69) is 5.10 Å². The van der Waals surface area contributed by atoms with E-state index in [1.165, 1.54) is 23.9 Å². The van der Waals surface area contributed by atoms with Crippen molar-refractivity contribution in [3.8, 4) is 5.88 Å². The van der Waals surface area contributed by atoms with E-state index in [-0.39, 0.29) is 12.0 Å². The summed E-state index contributed by atoms with van der Waals surface area (Å²) >= 11 is 0. The van der Waals surface area contributed by atoms with Crippen molar-refractivity contribution >= 4 is 5.97 Å². The molecule has 88 valence electrons. The predicted molar refractivity (Wildman–Crippen MR) is 56.5 cm³/mol. The Labute approximate surface area is 92.5 Å². The van der Waals surface area contributed by atoms with Crippen LogP contribution in [0.1, 0.15) is 19.3 Å². The third-order valence-corrected chi connectivity index (χ3v) is 2.06. The molecular weight excluding hydrogens is 212 g/mol. The van der Waals surface area contributed by atoms with Crippen LogP contribution in [0.3, 0.4) is 0 Å². The van der Waals surface area contributed by atoms with E-state index in [4.69, 9.17) is 9.84 Å². The Kier molecular flexibility index (Phi) is 4.50. The molecule has 0 aromatic carbocycles. The van der Waals surface area contributed by atoms with Crippen LogP contribution in [0.4, 0.5) is 0 Å². The van der Waals surface area contributed by atoms with Crippen LogP contribution in [0.25, 0.3) is 0 Å². The number of ether oxygens (including phenoxy) is 1. The first-order valence-electron chi connectivity index (χ1n) is 4.97. The number of methoxy groups -OCH3 is 1. The molecule has 1 aromatic rings. The van der Waals surface area contributed by atoms with Gasteiger partial charge < -0.3 is 9.84 Å². The maximum atomic E-state index is 11.3. The molecule has 6 nitrogen and oxygen atoms in total. The normalized spacial score (nSPS) is 10.1. The molecule has 0 aliphatic rings. The zero-order valence-corrected chi connectivity index (χ0v) is 9.05. The summed E-state index contributed by atoms with van der Waals surface area (Å²) in [4.78, 5) is 21.6. The molecule has 0 bridgehead atoms. The molecule has 1 N–H and O–H groups in total. The molecule has 0 amide bonds. The van der Waals surface area contributed by atoms with Gasteiger partial charge in [0.25, 0.3) is 5.56 Å². The highest BCUT2D eigenvalue weighted by atomic mass is 16.5. The molecule has 0 spiro atoms. The van der Waals surface area contributed by atoms with Gasteiger partial charge in [-0.1, -0.05) is 0 Å². The molecule has 0 fully saturated rings. The Bertz CT molecular complexity index is 414. The zero-order valence-electron chi connectivity index (χ0n) is 9.05. The second-order valence-electron chi connectivity index (χ2n) is 3.29. The summed E-state index contributed by atoms with van der Waals surface area (Å²) in [6, 6.07) is 2.87. The van der Waals surface area contributed by atoms with E-state index < -0.39 is 5.97 Å². The van der Waals surface area contributed by atoms with Crippen LogP contribution in [0.2, 0.25) is 0 Å². The van der Waals surface area contributed by atoms with E-state index in [9.17, 15) is 9.59 Å². The van der Waals surface area contributed by atoms with Gasteiger partial charge >= 0.3 is 5.97 Å². The number of carboxylic acids is 1. The maximum absolute atomic E-state index is 11.3. The van der Waals surface area contributed by atoms with Gasteiger partial charge in [0.2, 0.25) is 5.88 Å². The van der Waals surface area contributed by atoms with Gasteiger partial charge in [0.15, 0.2) is 0 Å². The van der Waals surface area contributed by atoms with Gasteiger partial charge in [0, 0.05) is 25.1 Å². The van der Waals surface area contributed by atoms with Crippen LogP contribution < -0.4 is 10.3 Å². The zero-order chi connectivity index (χ0) is 12.0. The Morgan fingerprint density at radius 2 is 2.25 bits per heavy atom. The third kappa shape index (κ3) is 3.72. The van der Waals surface area contributed by atoms with E-state index in [1.54, 1.807) is 0 Å². The van der Waals surface area contributed by atoms with Crippen LogP contribution in [-0.2, 0) is 11.3 Å². The lowest BCUT2D eigenvalue weighted by atomic mass is 10.2. The van der Waals surface area contributed by atoms with Crippen molar-refractivity contribution in [2.24, 2.45) is 0 Å². The largest absolute Gasteiger partial charge is 0.481 e. The van der Waals surface area contributed by atoms with Gasteiger partial charge in [-0.15, -0.1) is 5.10 Å². The molecule has 0 unspecified atom stereocenters. The summed E-state index contributed by atoms with van der Waals surface area (Å²) in [6.07, 6.45) is 1.24. The van der Waals surface area contributed by atoms with Crippen molar-refractivity contribution in [3.05, 3.63) is 22.5 Å². The second kappa shape index (κ2) is 5.89. The Hall–Kier alpha value is -1.85. The molecule has 0 saturated heterocycles. The quantitative estimate of drug-likeness (QED) is 0.714. The van der Waals surface area contributed by atoms with Crippen LogP contribution in [0.15, 0.2) is 16.9 Å². The molecule has 16 heavy (non-hydrogen) atoms. The average molecular weight is 226 g/mol. The number of aryl methyl sites for hydroxylation is 1. The fourth-order valence-corrected chi connectivity index (χ4v) is 1.24. The van der Waals surface area contributed by atoms with Crippen molar-refractivity contribution in [2.75, 3.05) is 7.11 Å². The van der Waals surface area contributed by atoms with Crippen LogP contribution in [0.5, 0.6) is 5.88 Å². The first kappa shape index (κ1) is 12.2. The van der Waals surface area contributed by atoms with Crippen LogP contribution >= 0.6 is 0 Å². The van der Waals surface area contributed by atoms with Crippen molar-refractivity contribution in [3.63, 3.8) is 0 Å². The van der Waals surface area contributed by atoms with Crippen molar-refractivity contribution in [1.82, 2.24) is 9.78 Å². The second-order valence-corrected chi connectivity index (χ2v) is 3.29. The van der Waals surface area contributed by atoms with Gasteiger partial charge in [-0.25, -0.2) is 4.68 Å². The minimum atomic E-state index is -0.828. The van der Waals surface area contributed by atoms with E-state index >= 15 is 0 Å². The number of carbonyl (C=O) groups is 1. The number of unbranched alkanes of at least 4 members (excludes halogenated alkanes) is 1. The summed E-state index contributed by atoms with van der Waals surface area (Å²) in [6.45, 7) is 0.406. The lowest BCUT2D eigenvalue weighted by molar-refractivity contribution is -0.137. The fourth-order valence-electron chi connectivity index (χ4n) is 1.24. The van der Waals surface area contributed by atoms with E-state index in [0.29, 0.717) is 25.3 Å². The highest BCUT2D eigenvalue weighted by Crippen LogP contribution is 2.01. The minimum Gasteiger partial charge on any atom is -0.481 e. The third-order valence-electron chi connectivity index (χ3n) is 2.06. The number of rotatable bonds is 6. The lowest BCUT2D eigenvalue weighted by Crippen LogP contribution is -2.22. The van der Waals surface area contributed by atoms with Crippen LogP contribution in [0, 0.1) is 0 Å².